The summed E-state index contributed by atoms with van der Waals surface area (Å²) in [6, 6.07) is 0. The van der Waals surface area contributed by atoms with Crippen LogP contribution in [0.1, 0.15) is 12.8 Å². The minimum atomic E-state index is -1.26. The molecule has 0 aromatic heterocycles. The maximum atomic E-state index is 11.1. The zero-order valence-corrected chi connectivity index (χ0v) is 7.62. The van der Waals surface area contributed by atoms with E-state index in [1.807, 2.05) is 0 Å². The van der Waals surface area contributed by atoms with Crippen LogP contribution in [0.4, 0.5) is 0 Å². The molecule has 2 heterocycles. The lowest BCUT2D eigenvalue weighted by molar-refractivity contribution is -0.192. The molecular weight excluding hydrogens is 183 g/mol. The second-order valence-corrected chi connectivity index (χ2v) is 3.53. The Bertz CT molecular complexity index is 303. The molecule has 2 aliphatic rings. The standard InChI is InChI=1S/C9H9BO4/c1-5(4-10)9-6(2-7(11)13-9)3-8(12)14-9/h6H,1-4H2. The molecule has 0 bridgehead atoms. The van der Waals surface area contributed by atoms with Gasteiger partial charge in [0.2, 0.25) is 0 Å². The molecule has 72 valence electrons. The van der Waals surface area contributed by atoms with Gasteiger partial charge in [0.05, 0.1) is 26.6 Å². The third kappa shape index (κ3) is 1.08. The highest BCUT2D eigenvalue weighted by Gasteiger charge is 2.59. The van der Waals surface area contributed by atoms with Crippen LogP contribution in [-0.4, -0.2) is 25.6 Å². The van der Waals surface area contributed by atoms with Crippen molar-refractivity contribution < 1.29 is 19.1 Å². The van der Waals surface area contributed by atoms with E-state index in [0.29, 0.717) is 5.57 Å². The summed E-state index contributed by atoms with van der Waals surface area (Å²) in [5, 5.41) is 0. The van der Waals surface area contributed by atoms with Gasteiger partial charge in [-0.3, -0.25) is 9.59 Å². The first-order valence-corrected chi connectivity index (χ1v) is 4.40. The van der Waals surface area contributed by atoms with E-state index in [2.05, 4.69) is 6.58 Å². The second kappa shape index (κ2) is 2.87. The van der Waals surface area contributed by atoms with Gasteiger partial charge in [0.25, 0.3) is 5.79 Å². The molecule has 0 atom stereocenters. The lowest BCUT2D eigenvalue weighted by atomic mass is 9.85. The number of carbonyl (C=O) groups is 2. The fourth-order valence-electron chi connectivity index (χ4n) is 1.93. The van der Waals surface area contributed by atoms with Crippen molar-refractivity contribution in [3.05, 3.63) is 12.2 Å². The predicted molar refractivity (Wildman–Crippen MR) is 47.3 cm³/mol. The molecule has 4 nitrogen and oxygen atoms in total. The molecule has 0 unspecified atom stereocenters. The molecule has 0 N–H and O–H groups in total. The van der Waals surface area contributed by atoms with E-state index in [4.69, 9.17) is 17.3 Å². The average molecular weight is 192 g/mol. The van der Waals surface area contributed by atoms with Crippen LogP contribution < -0.4 is 0 Å². The van der Waals surface area contributed by atoms with Gasteiger partial charge >= 0.3 is 11.9 Å². The van der Waals surface area contributed by atoms with Crippen molar-refractivity contribution in [1.29, 1.82) is 0 Å². The maximum absolute atomic E-state index is 11.1. The highest BCUT2D eigenvalue weighted by Crippen LogP contribution is 2.46. The number of ether oxygens (including phenoxy) is 2. The Hall–Kier alpha value is -1.26. The van der Waals surface area contributed by atoms with Gasteiger partial charge < -0.3 is 9.47 Å². The summed E-state index contributed by atoms with van der Waals surface area (Å²) < 4.78 is 10.1. The van der Waals surface area contributed by atoms with Crippen LogP contribution in [0.2, 0.25) is 6.32 Å². The van der Waals surface area contributed by atoms with Crippen LogP contribution in [0.25, 0.3) is 0 Å². The second-order valence-electron chi connectivity index (χ2n) is 3.53. The molecule has 2 fully saturated rings. The molecule has 5 heteroatoms. The van der Waals surface area contributed by atoms with Crippen LogP contribution in [-0.2, 0) is 19.1 Å². The predicted octanol–water partition coefficient (Wildman–Crippen LogP) is 0.336. The third-order valence-electron chi connectivity index (χ3n) is 2.63. The Balaban J connectivity index is 2.33. The molecule has 2 radical (unpaired) electrons. The summed E-state index contributed by atoms with van der Waals surface area (Å²) in [5.41, 5.74) is 0.444. The number of carbonyl (C=O) groups excluding carboxylic acids is 2. The molecule has 0 aromatic rings. The molecule has 2 saturated heterocycles. The summed E-state index contributed by atoms with van der Waals surface area (Å²) in [7, 11) is 5.41. The topological polar surface area (TPSA) is 52.6 Å². The highest BCUT2D eigenvalue weighted by molar-refractivity contribution is 6.10. The van der Waals surface area contributed by atoms with E-state index >= 15 is 0 Å². The van der Waals surface area contributed by atoms with Crippen molar-refractivity contribution >= 4 is 19.8 Å². The quantitative estimate of drug-likeness (QED) is 0.359. The molecule has 0 saturated carbocycles. The van der Waals surface area contributed by atoms with Crippen molar-refractivity contribution in [1.82, 2.24) is 0 Å². The first-order chi connectivity index (χ1) is 6.58. The van der Waals surface area contributed by atoms with E-state index in [9.17, 15) is 9.59 Å². The van der Waals surface area contributed by atoms with E-state index in [0.717, 1.165) is 0 Å². The molecule has 2 aliphatic heterocycles. The van der Waals surface area contributed by atoms with Gasteiger partial charge in [-0.2, -0.15) is 0 Å². The van der Waals surface area contributed by atoms with Gasteiger partial charge in [0.15, 0.2) is 0 Å². The van der Waals surface area contributed by atoms with E-state index in [-0.39, 0.29) is 37.0 Å². The summed E-state index contributed by atoms with van der Waals surface area (Å²) in [5.74, 6) is -2.24. The number of hydrogen-bond donors (Lipinski definition) is 0. The molecule has 0 amide bonds. The first-order valence-electron chi connectivity index (χ1n) is 4.40. The molecule has 14 heavy (non-hydrogen) atoms. The fourth-order valence-corrected chi connectivity index (χ4v) is 1.93. The maximum Gasteiger partial charge on any atom is 0.309 e. The number of esters is 2. The van der Waals surface area contributed by atoms with E-state index in [1.54, 1.807) is 0 Å². The minimum absolute atomic E-state index is 0.136. The van der Waals surface area contributed by atoms with Gasteiger partial charge in [0, 0.05) is 0 Å². The average Bonchev–Trinajstić information content (AvgIpc) is 2.55. The highest BCUT2D eigenvalue weighted by atomic mass is 16.7. The molecule has 0 aromatic carbocycles. The normalized spacial score (nSPS) is 35.0. The third-order valence-corrected chi connectivity index (χ3v) is 2.63. The lowest BCUT2D eigenvalue weighted by Crippen LogP contribution is -2.35. The van der Waals surface area contributed by atoms with Crippen molar-refractivity contribution in [2.45, 2.75) is 24.9 Å². The van der Waals surface area contributed by atoms with Crippen molar-refractivity contribution in [2.75, 3.05) is 0 Å². The van der Waals surface area contributed by atoms with Crippen LogP contribution in [0.15, 0.2) is 12.2 Å². The summed E-state index contributed by atoms with van der Waals surface area (Å²) in [6.45, 7) is 3.68. The smallest absolute Gasteiger partial charge is 0.309 e. The van der Waals surface area contributed by atoms with E-state index < -0.39 is 5.79 Å². The van der Waals surface area contributed by atoms with Gasteiger partial charge in [0.1, 0.15) is 0 Å². The minimum Gasteiger partial charge on any atom is -0.418 e. The zero-order chi connectivity index (χ0) is 10.3. The Morgan fingerprint density at radius 3 is 2.36 bits per heavy atom. The molecular formula is C9H9BO4. The van der Waals surface area contributed by atoms with Crippen molar-refractivity contribution in [3.8, 4) is 0 Å². The fraction of sp³-hybridized carbons (Fsp3) is 0.556. The first kappa shape index (κ1) is 9.31. The van der Waals surface area contributed by atoms with Gasteiger partial charge in [-0.25, -0.2) is 0 Å². The Labute approximate surface area is 82.7 Å². The van der Waals surface area contributed by atoms with E-state index in [1.165, 1.54) is 0 Å². The molecule has 0 spiro atoms. The van der Waals surface area contributed by atoms with Crippen LogP contribution in [0.5, 0.6) is 0 Å². The number of fused-ring (bicyclic) bond motifs is 1. The van der Waals surface area contributed by atoms with Crippen LogP contribution in [0, 0.1) is 5.92 Å². The van der Waals surface area contributed by atoms with Crippen molar-refractivity contribution in [3.63, 3.8) is 0 Å². The van der Waals surface area contributed by atoms with Gasteiger partial charge in [-0.15, -0.1) is 0 Å². The summed E-state index contributed by atoms with van der Waals surface area (Å²) in [4.78, 5) is 22.2. The lowest BCUT2D eigenvalue weighted by Gasteiger charge is -2.27. The Morgan fingerprint density at radius 1 is 1.43 bits per heavy atom. The number of rotatable bonds is 2. The van der Waals surface area contributed by atoms with Crippen molar-refractivity contribution in [2.24, 2.45) is 5.92 Å². The van der Waals surface area contributed by atoms with Crippen LogP contribution >= 0.6 is 0 Å². The SMILES string of the molecule is [B]CC(=C)C12OC(=O)CC1CC(=O)O2. The molecule has 0 aliphatic carbocycles. The molecule has 2 rings (SSSR count). The zero-order valence-electron chi connectivity index (χ0n) is 7.62. The summed E-state index contributed by atoms with van der Waals surface area (Å²) >= 11 is 0. The largest absolute Gasteiger partial charge is 0.418 e. The van der Waals surface area contributed by atoms with Gasteiger partial charge in [-0.1, -0.05) is 12.9 Å². The Kier molecular flexibility index (Phi) is 1.91. The van der Waals surface area contributed by atoms with Gasteiger partial charge in [-0.05, 0) is 5.57 Å². The summed E-state index contributed by atoms with van der Waals surface area (Å²) in [6.07, 6.45) is 0.534. The van der Waals surface area contributed by atoms with Crippen LogP contribution in [0.3, 0.4) is 0 Å². The number of hydrogen-bond acceptors (Lipinski definition) is 4. The Morgan fingerprint density at radius 2 is 1.93 bits per heavy atom. The monoisotopic (exact) mass is 192 g/mol.